The number of aromatic nitrogens is 2. The second kappa shape index (κ2) is 5.83. The summed E-state index contributed by atoms with van der Waals surface area (Å²) >= 11 is 0. The van der Waals surface area contributed by atoms with Gasteiger partial charge in [0.25, 0.3) is 0 Å². The summed E-state index contributed by atoms with van der Waals surface area (Å²) in [6, 6.07) is 8.24. The highest BCUT2D eigenvalue weighted by atomic mass is 16.5. The van der Waals surface area contributed by atoms with E-state index in [0.717, 1.165) is 42.1 Å². The topological polar surface area (TPSA) is 58.2 Å². The van der Waals surface area contributed by atoms with Crippen LogP contribution in [0.2, 0.25) is 0 Å². The Morgan fingerprint density at radius 1 is 1.33 bits per heavy atom. The molecule has 5 nitrogen and oxygen atoms in total. The van der Waals surface area contributed by atoms with Crippen LogP contribution in [0.1, 0.15) is 6.42 Å². The molecule has 0 amide bonds. The van der Waals surface area contributed by atoms with Gasteiger partial charge in [-0.3, -0.25) is 0 Å². The molecule has 0 saturated carbocycles. The summed E-state index contributed by atoms with van der Waals surface area (Å²) in [6.45, 7) is 1.78. The highest BCUT2D eigenvalue weighted by Crippen LogP contribution is 2.25. The summed E-state index contributed by atoms with van der Waals surface area (Å²) in [5, 5.41) is 0. The van der Waals surface area contributed by atoms with Crippen LogP contribution in [0.4, 0.5) is 5.69 Å². The molecule has 108 valence electrons. The standard InChI is InChI=1S/C16H17N3O2/c1-21-15-5-7-19(8-6-15)14-4-2-3-12(9-14)13-10-17-16(20)18-11-13/h2-5,9-11H,6-8H2,1H3,(H,17,18,20). The van der Waals surface area contributed by atoms with Gasteiger partial charge in [-0.1, -0.05) is 12.1 Å². The predicted octanol–water partition coefficient (Wildman–Crippen LogP) is 2.18. The lowest BCUT2D eigenvalue weighted by Crippen LogP contribution is -2.28. The summed E-state index contributed by atoms with van der Waals surface area (Å²) in [5.74, 6) is 1.05. The number of methoxy groups -OCH3 is 1. The van der Waals surface area contributed by atoms with Crippen molar-refractivity contribution < 1.29 is 4.74 Å². The van der Waals surface area contributed by atoms with Gasteiger partial charge in [-0.15, -0.1) is 0 Å². The second-order valence-electron chi connectivity index (χ2n) is 4.93. The van der Waals surface area contributed by atoms with E-state index in [4.69, 9.17) is 4.74 Å². The maximum Gasteiger partial charge on any atom is 0.344 e. The molecule has 0 bridgehead atoms. The minimum atomic E-state index is -0.330. The van der Waals surface area contributed by atoms with Gasteiger partial charge in [-0.25, -0.2) is 9.78 Å². The smallest absolute Gasteiger partial charge is 0.344 e. The molecule has 3 rings (SSSR count). The maximum absolute atomic E-state index is 11.0. The van der Waals surface area contributed by atoms with Gasteiger partial charge in [-0.05, 0) is 23.8 Å². The second-order valence-corrected chi connectivity index (χ2v) is 4.93. The molecule has 1 N–H and O–H groups in total. The summed E-state index contributed by atoms with van der Waals surface area (Å²) in [6.07, 6.45) is 6.31. The van der Waals surface area contributed by atoms with Crippen molar-refractivity contribution in [3.05, 3.63) is 59.0 Å². The summed E-state index contributed by atoms with van der Waals surface area (Å²) in [7, 11) is 1.71. The number of H-pyrrole nitrogens is 1. The molecule has 2 heterocycles. The SMILES string of the molecule is COC1=CCN(c2cccc(-c3cnc(=O)[nH]c3)c2)CC1. The van der Waals surface area contributed by atoms with Crippen LogP contribution in [0.15, 0.2) is 53.3 Å². The van der Waals surface area contributed by atoms with Crippen LogP contribution in [0, 0.1) is 0 Å². The van der Waals surface area contributed by atoms with Gasteiger partial charge in [0.1, 0.15) is 0 Å². The fraction of sp³-hybridized carbons (Fsp3) is 0.250. The molecular formula is C16H17N3O2. The van der Waals surface area contributed by atoms with E-state index in [0.29, 0.717) is 0 Å². The van der Waals surface area contributed by atoms with Crippen molar-refractivity contribution in [2.75, 3.05) is 25.1 Å². The lowest BCUT2D eigenvalue weighted by molar-refractivity contribution is 0.272. The van der Waals surface area contributed by atoms with Crippen molar-refractivity contribution in [3.63, 3.8) is 0 Å². The third kappa shape index (κ3) is 2.97. The number of hydrogen-bond acceptors (Lipinski definition) is 4. The highest BCUT2D eigenvalue weighted by Gasteiger charge is 2.13. The largest absolute Gasteiger partial charge is 0.501 e. The first-order chi connectivity index (χ1) is 10.3. The van der Waals surface area contributed by atoms with Crippen molar-refractivity contribution >= 4 is 5.69 Å². The van der Waals surface area contributed by atoms with E-state index in [2.05, 4.69) is 33.1 Å². The molecule has 1 aromatic carbocycles. The summed E-state index contributed by atoms with van der Waals surface area (Å²) < 4.78 is 5.27. The van der Waals surface area contributed by atoms with Gasteiger partial charge in [0.15, 0.2) is 0 Å². The average Bonchev–Trinajstić information content (AvgIpc) is 2.56. The fourth-order valence-corrected chi connectivity index (χ4v) is 2.45. The Kier molecular flexibility index (Phi) is 3.73. The molecule has 1 aliphatic rings. The van der Waals surface area contributed by atoms with Gasteiger partial charge in [0, 0.05) is 43.2 Å². The minimum absolute atomic E-state index is 0.330. The highest BCUT2D eigenvalue weighted by molar-refractivity contribution is 5.67. The van der Waals surface area contributed by atoms with Crippen LogP contribution in [-0.4, -0.2) is 30.2 Å². The molecule has 2 aromatic rings. The minimum Gasteiger partial charge on any atom is -0.501 e. The van der Waals surface area contributed by atoms with Crippen LogP contribution in [-0.2, 0) is 4.74 Å². The van der Waals surface area contributed by atoms with Crippen molar-refractivity contribution in [1.29, 1.82) is 0 Å². The van der Waals surface area contributed by atoms with Crippen LogP contribution in [0.25, 0.3) is 11.1 Å². The van der Waals surface area contributed by atoms with Gasteiger partial charge in [0.05, 0.1) is 12.9 Å². The van der Waals surface area contributed by atoms with Crippen LogP contribution in [0.3, 0.4) is 0 Å². The predicted molar refractivity (Wildman–Crippen MR) is 82.2 cm³/mol. The third-order valence-electron chi connectivity index (χ3n) is 3.65. The zero-order chi connectivity index (χ0) is 14.7. The number of benzene rings is 1. The molecule has 0 atom stereocenters. The van der Waals surface area contributed by atoms with E-state index < -0.39 is 0 Å². The van der Waals surface area contributed by atoms with Crippen LogP contribution >= 0.6 is 0 Å². The number of rotatable bonds is 3. The van der Waals surface area contributed by atoms with Gasteiger partial charge in [0.2, 0.25) is 0 Å². The molecule has 1 aromatic heterocycles. The molecule has 1 aliphatic heterocycles. The summed E-state index contributed by atoms with van der Waals surface area (Å²) in [5.41, 5.74) is 2.77. The Labute approximate surface area is 122 Å². The first-order valence-electron chi connectivity index (χ1n) is 6.89. The number of anilines is 1. The van der Waals surface area contributed by atoms with Crippen molar-refractivity contribution in [3.8, 4) is 11.1 Å². The van der Waals surface area contributed by atoms with Gasteiger partial charge >= 0.3 is 5.69 Å². The lowest BCUT2D eigenvalue weighted by atomic mass is 10.1. The number of nitrogens with one attached hydrogen (secondary N) is 1. The normalized spacial score (nSPS) is 14.7. The first-order valence-corrected chi connectivity index (χ1v) is 6.89. The molecular weight excluding hydrogens is 266 g/mol. The zero-order valence-corrected chi connectivity index (χ0v) is 11.9. The fourth-order valence-electron chi connectivity index (χ4n) is 2.45. The average molecular weight is 283 g/mol. The van der Waals surface area contributed by atoms with Crippen LogP contribution in [0.5, 0.6) is 0 Å². The number of hydrogen-bond donors (Lipinski definition) is 1. The Hall–Kier alpha value is -2.56. The Morgan fingerprint density at radius 3 is 2.90 bits per heavy atom. The number of ether oxygens (including phenoxy) is 1. The Bertz CT molecular complexity index is 701. The quantitative estimate of drug-likeness (QED) is 0.938. The Balaban J connectivity index is 1.85. The van der Waals surface area contributed by atoms with Crippen molar-refractivity contribution in [2.24, 2.45) is 0 Å². The molecule has 0 saturated heterocycles. The molecule has 0 radical (unpaired) electrons. The number of nitrogens with zero attached hydrogens (tertiary/aromatic N) is 2. The summed E-state index contributed by atoms with van der Waals surface area (Å²) in [4.78, 5) is 19.7. The zero-order valence-electron chi connectivity index (χ0n) is 11.9. The van der Waals surface area contributed by atoms with E-state index in [-0.39, 0.29) is 5.69 Å². The first kappa shape index (κ1) is 13.4. The van der Waals surface area contributed by atoms with E-state index >= 15 is 0 Å². The third-order valence-corrected chi connectivity index (χ3v) is 3.65. The van der Waals surface area contributed by atoms with Crippen LogP contribution < -0.4 is 10.6 Å². The van der Waals surface area contributed by atoms with Crippen molar-refractivity contribution in [2.45, 2.75) is 6.42 Å². The molecule has 0 aliphatic carbocycles. The molecule has 0 unspecified atom stereocenters. The van der Waals surface area contributed by atoms with E-state index in [1.54, 1.807) is 19.5 Å². The molecule has 5 heteroatoms. The monoisotopic (exact) mass is 283 g/mol. The molecule has 0 spiro atoms. The van der Waals surface area contributed by atoms with Crippen molar-refractivity contribution in [1.82, 2.24) is 9.97 Å². The Morgan fingerprint density at radius 2 is 2.24 bits per heavy atom. The van der Waals surface area contributed by atoms with Gasteiger partial charge < -0.3 is 14.6 Å². The van der Waals surface area contributed by atoms with E-state index in [1.807, 2.05) is 12.1 Å². The molecule has 0 fully saturated rings. The van der Waals surface area contributed by atoms with E-state index in [1.165, 1.54) is 0 Å². The lowest BCUT2D eigenvalue weighted by Gasteiger charge is -2.28. The number of aromatic amines is 1. The van der Waals surface area contributed by atoms with E-state index in [9.17, 15) is 4.79 Å². The maximum atomic E-state index is 11.0. The molecule has 21 heavy (non-hydrogen) atoms. The van der Waals surface area contributed by atoms with Gasteiger partial charge in [-0.2, -0.15) is 0 Å².